The van der Waals surface area contributed by atoms with Crippen molar-refractivity contribution < 1.29 is 28.2 Å². The lowest BCUT2D eigenvalue weighted by Gasteiger charge is -2.34. The Labute approximate surface area is 275 Å². The number of anilines is 2. The number of halogens is 2. The number of hydrogen-bond donors (Lipinski definition) is 3. The number of benzene rings is 3. The number of nitrogens with zero attached hydrogens (tertiary/aromatic N) is 2. The van der Waals surface area contributed by atoms with E-state index in [1.54, 1.807) is 24.4 Å². The molecule has 0 spiro atoms. The van der Waals surface area contributed by atoms with Crippen LogP contribution in [0.1, 0.15) is 30.1 Å². The average molecular weight is 653 g/mol. The summed E-state index contributed by atoms with van der Waals surface area (Å²) in [5.41, 5.74) is 7.83. The number of aromatic hydroxyl groups is 1. The lowest BCUT2D eigenvalue weighted by Crippen LogP contribution is -2.32. The highest BCUT2D eigenvalue weighted by atomic mass is 19.1. The van der Waals surface area contributed by atoms with Crippen LogP contribution in [0.2, 0.25) is 0 Å². The van der Waals surface area contributed by atoms with Gasteiger partial charge in [-0.1, -0.05) is 25.1 Å². The minimum Gasteiger partial charge on any atom is -0.504 e. The van der Waals surface area contributed by atoms with Crippen LogP contribution in [0, 0.1) is 17.0 Å². The van der Waals surface area contributed by atoms with Crippen LogP contribution < -0.4 is 21.2 Å². The van der Waals surface area contributed by atoms with Crippen molar-refractivity contribution in [1.82, 2.24) is 9.55 Å². The maximum absolute atomic E-state index is 15.6. The van der Waals surface area contributed by atoms with Crippen LogP contribution >= 0.6 is 0 Å². The highest BCUT2D eigenvalue weighted by Gasteiger charge is 2.28. The normalized spacial score (nSPS) is 14.0. The Morgan fingerprint density at radius 2 is 1.71 bits per heavy atom. The zero-order chi connectivity index (χ0) is 34.0. The van der Waals surface area contributed by atoms with Crippen molar-refractivity contribution in [1.29, 1.82) is 0 Å². The van der Waals surface area contributed by atoms with Crippen LogP contribution in [0.3, 0.4) is 0 Å². The molecular weight excluding hydrogens is 618 g/mol. The molecule has 0 bridgehead atoms. The van der Waals surface area contributed by atoms with Gasteiger partial charge in [-0.15, -0.1) is 0 Å². The molecule has 1 fully saturated rings. The van der Waals surface area contributed by atoms with Crippen LogP contribution in [0.15, 0.2) is 90.1 Å². The van der Waals surface area contributed by atoms with Gasteiger partial charge in [0.25, 0.3) is 5.91 Å². The summed E-state index contributed by atoms with van der Waals surface area (Å²) < 4.78 is 41.8. The van der Waals surface area contributed by atoms with Gasteiger partial charge in [-0.3, -0.25) is 9.59 Å². The maximum Gasteiger partial charge on any atom is 0.261 e. The Kier molecular flexibility index (Phi) is 8.97. The van der Waals surface area contributed by atoms with E-state index in [1.165, 1.54) is 62.0 Å². The molecule has 6 rings (SSSR count). The van der Waals surface area contributed by atoms with Gasteiger partial charge in [0.2, 0.25) is 5.43 Å². The Morgan fingerprint density at radius 3 is 2.40 bits per heavy atom. The Morgan fingerprint density at radius 1 is 0.979 bits per heavy atom. The Hall–Kier alpha value is -5.55. The number of nitrogens with two attached hydrogens (primary N) is 1. The molecular formula is C37H34F2N4O5. The van der Waals surface area contributed by atoms with E-state index < -0.39 is 23.0 Å². The molecule has 1 saturated heterocycles. The fourth-order valence-electron chi connectivity index (χ4n) is 5.91. The number of carbonyl (C=O) groups is 1. The van der Waals surface area contributed by atoms with Gasteiger partial charge < -0.3 is 30.2 Å². The average Bonchev–Trinajstić information content (AvgIpc) is 3.06. The summed E-state index contributed by atoms with van der Waals surface area (Å²) in [6.07, 6.45) is 6.32. The number of aromatic nitrogens is 2. The van der Waals surface area contributed by atoms with E-state index in [2.05, 4.69) is 17.2 Å². The zero-order valence-corrected chi connectivity index (χ0v) is 26.4. The number of ether oxygens (including phenoxy) is 2. The number of rotatable bonds is 8. The number of nitrogen functional groups attached to an aromatic ring is 1. The van der Waals surface area contributed by atoms with Crippen molar-refractivity contribution in [3.05, 3.63) is 113 Å². The summed E-state index contributed by atoms with van der Waals surface area (Å²) in [4.78, 5) is 31.5. The molecule has 0 aliphatic carbocycles. The minimum atomic E-state index is -0.718. The molecule has 1 aliphatic rings. The number of hydrogen-bond acceptors (Lipinski definition) is 7. The second-order valence-corrected chi connectivity index (χ2v) is 12.2. The SMILES string of the molecule is COc1ccc(-c2cnc(N)c(-c3ccc(NC(=O)c4cn(CC5(C)CCOCC5)cc(-c5ccc(F)cc5)c4=O)cc3F)c2)cc1O. The molecule has 246 valence electrons. The van der Waals surface area contributed by atoms with Gasteiger partial charge in [0.1, 0.15) is 23.0 Å². The van der Waals surface area contributed by atoms with Crippen molar-refractivity contribution in [2.24, 2.45) is 5.41 Å². The van der Waals surface area contributed by atoms with E-state index in [9.17, 15) is 19.1 Å². The van der Waals surface area contributed by atoms with Crippen LogP contribution in [-0.2, 0) is 11.3 Å². The van der Waals surface area contributed by atoms with Crippen LogP contribution in [-0.4, -0.2) is 40.9 Å². The monoisotopic (exact) mass is 652 g/mol. The number of nitrogens with one attached hydrogen (secondary N) is 1. The van der Waals surface area contributed by atoms with Crippen LogP contribution in [0.25, 0.3) is 33.4 Å². The molecule has 2 aromatic heterocycles. The van der Waals surface area contributed by atoms with Crippen molar-refractivity contribution in [2.75, 3.05) is 31.4 Å². The fourth-order valence-corrected chi connectivity index (χ4v) is 5.91. The van der Waals surface area contributed by atoms with E-state index in [1.807, 2.05) is 4.57 Å². The lowest BCUT2D eigenvalue weighted by atomic mass is 9.82. The van der Waals surface area contributed by atoms with Gasteiger partial charge in [-0.05, 0) is 77.9 Å². The smallest absolute Gasteiger partial charge is 0.261 e. The maximum atomic E-state index is 15.6. The predicted molar refractivity (Wildman–Crippen MR) is 180 cm³/mol. The second kappa shape index (κ2) is 13.3. The van der Waals surface area contributed by atoms with Gasteiger partial charge in [0.15, 0.2) is 11.5 Å². The number of methoxy groups -OCH3 is 1. The third-order valence-electron chi connectivity index (χ3n) is 8.69. The van der Waals surface area contributed by atoms with Gasteiger partial charge >= 0.3 is 0 Å². The lowest BCUT2D eigenvalue weighted by molar-refractivity contribution is 0.0154. The summed E-state index contributed by atoms with van der Waals surface area (Å²) in [5, 5.41) is 12.9. The first-order valence-corrected chi connectivity index (χ1v) is 15.4. The zero-order valence-electron chi connectivity index (χ0n) is 26.4. The first-order valence-electron chi connectivity index (χ1n) is 15.4. The molecule has 0 atom stereocenters. The highest BCUT2D eigenvalue weighted by molar-refractivity contribution is 6.04. The van der Waals surface area contributed by atoms with Crippen LogP contribution in [0.5, 0.6) is 11.5 Å². The van der Waals surface area contributed by atoms with Crippen molar-refractivity contribution >= 4 is 17.4 Å². The Balaban J connectivity index is 1.30. The molecule has 3 aromatic carbocycles. The summed E-state index contributed by atoms with van der Waals surface area (Å²) in [6.45, 7) is 3.90. The fraction of sp³-hybridized carbons (Fsp3) is 0.216. The molecule has 48 heavy (non-hydrogen) atoms. The summed E-state index contributed by atoms with van der Waals surface area (Å²) >= 11 is 0. The molecule has 1 aliphatic heterocycles. The highest BCUT2D eigenvalue weighted by Crippen LogP contribution is 2.36. The largest absolute Gasteiger partial charge is 0.504 e. The molecule has 11 heteroatoms. The van der Waals surface area contributed by atoms with Crippen molar-refractivity contribution in [2.45, 2.75) is 26.3 Å². The third-order valence-corrected chi connectivity index (χ3v) is 8.69. The predicted octanol–water partition coefficient (Wildman–Crippen LogP) is 6.89. The molecule has 3 heterocycles. The Bertz CT molecular complexity index is 2060. The van der Waals surface area contributed by atoms with Crippen LogP contribution in [0.4, 0.5) is 20.3 Å². The molecule has 0 unspecified atom stereocenters. The van der Waals surface area contributed by atoms with Crippen molar-refractivity contribution in [3.8, 4) is 44.9 Å². The summed E-state index contributed by atoms with van der Waals surface area (Å²) in [6, 6.07) is 16.1. The molecule has 0 radical (unpaired) electrons. The molecule has 9 nitrogen and oxygen atoms in total. The van der Waals surface area contributed by atoms with Gasteiger partial charge in [-0.2, -0.15) is 0 Å². The number of phenolic OH excluding ortho intramolecular Hbond substituents is 1. The molecule has 0 saturated carbocycles. The third kappa shape index (κ3) is 6.77. The minimum absolute atomic E-state index is 0.0626. The quantitative estimate of drug-likeness (QED) is 0.167. The van der Waals surface area contributed by atoms with E-state index >= 15 is 4.39 Å². The number of pyridine rings is 2. The van der Waals surface area contributed by atoms with E-state index in [4.69, 9.17) is 15.2 Å². The van der Waals surface area contributed by atoms with Gasteiger partial charge in [0.05, 0.1) is 7.11 Å². The summed E-state index contributed by atoms with van der Waals surface area (Å²) in [5.74, 6) is -1.51. The van der Waals surface area contributed by atoms with Gasteiger partial charge in [-0.25, -0.2) is 13.8 Å². The molecule has 1 amide bonds. The van der Waals surface area contributed by atoms with E-state index in [0.717, 1.165) is 18.9 Å². The first-order chi connectivity index (χ1) is 23.0. The standard InChI is InChI=1S/C37H34F2N4O5/c1-37(11-13-48-14-12-37)21-43-19-29(22-3-6-25(38)7-4-22)34(45)30(20-43)36(46)42-26-8-9-27(31(39)17-26)28-15-24(18-41-35(28)40)23-5-10-33(47-2)32(44)16-23/h3-10,15-20,44H,11-14,21H2,1-2H3,(H2,40,41)(H,42,46). The molecule has 4 N–H and O–H groups in total. The van der Waals surface area contributed by atoms with E-state index in [-0.39, 0.29) is 39.4 Å². The first kappa shape index (κ1) is 32.4. The number of phenols is 1. The van der Waals surface area contributed by atoms with Gasteiger partial charge in [0, 0.05) is 66.3 Å². The molecule has 5 aromatic rings. The summed E-state index contributed by atoms with van der Waals surface area (Å²) in [7, 11) is 1.45. The number of carbonyl (C=O) groups excluding carboxylic acids is 1. The second-order valence-electron chi connectivity index (χ2n) is 12.2. The topological polar surface area (TPSA) is 129 Å². The van der Waals surface area contributed by atoms with Crippen molar-refractivity contribution in [3.63, 3.8) is 0 Å². The number of amides is 1. The van der Waals surface area contributed by atoms with E-state index in [0.29, 0.717) is 47.8 Å².